The van der Waals surface area contributed by atoms with Crippen LogP contribution in [0.3, 0.4) is 0 Å². The van der Waals surface area contributed by atoms with E-state index in [9.17, 15) is 0 Å². The fraction of sp³-hybridized carbons (Fsp3) is 0. The van der Waals surface area contributed by atoms with Crippen LogP contribution in [0.2, 0.25) is 0 Å². The minimum atomic E-state index is -0.407. The van der Waals surface area contributed by atoms with Gasteiger partial charge < -0.3 is 4.57 Å². The van der Waals surface area contributed by atoms with Gasteiger partial charge in [0.05, 0.1) is 28.5 Å². The van der Waals surface area contributed by atoms with Gasteiger partial charge >= 0.3 is 0 Å². The van der Waals surface area contributed by atoms with Gasteiger partial charge in [0.25, 0.3) is 0 Å². The molecule has 1 aliphatic carbocycles. The third-order valence-electron chi connectivity index (χ3n) is 9.04. The second-order valence-electron chi connectivity index (χ2n) is 11.6. The molecule has 0 amide bonds. The molecule has 0 saturated carbocycles. The van der Waals surface area contributed by atoms with E-state index in [1.807, 2.05) is 18.2 Å². The highest BCUT2D eigenvalue weighted by Gasteiger charge is 2.27. The van der Waals surface area contributed by atoms with Gasteiger partial charge in [0.2, 0.25) is 0 Å². The number of nitrogens with zero attached hydrogens (tertiary/aromatic N) is 2. The Kier molecular flexibility index (Phi) is 4.52. The summed E-state index contributed by atoms with van der Waals surface area (Å²) in [5.41, 5.74) is 10.8. The van der Waals surface area contributed by atoms with E-state index in [1.54, 1.807) is 0 Å². The van der Waals surface area contributed by atoms with Crippen LogP contribution in [0.25, 0.3) is 92.8 Å². The molecule has 0 N–H and O–H groups in total. The van der Waals surface area contributed by atoms with Crippen LogP contribution in [0.5, 0.6) is 0 Å². The van der Waals surface area contributed by atoms with E-state index < -0.39 is 6.04 Å². The van der Waals surface area contributed by atoms with Crippen molar-refractivity contribution < 1.29 is 6.85 Å². The van der Waals surface area contributed by atoms with Gasteiger partial charge in [-0.2, -0.15) is 0 Å². The van der Waals surface area contributed by atoms with Crippen LogP contribution < -0.4 is 0 Å². The average molecular weight is 608 g/mol. The minimum Gasteiger partial charge on any atom is -0.309 e. The molecule has 0 radical (unpaired) electrons. The van der Waals surface area contributed by atoms with Gasteiger partial charge in [0, 0.05) is 33.2 Å². The largest absolute Gasteiger partial charge is 0.309 e. The maximum Gasteiger partial charge on any atom is 0.124 e. The molecule has 0 spiro atoms. The van der Waals surface area contributed by atoms with Gasteiger partial charge in [-0.25, -0.2) is 4.98 Å². The van der Waals surface area contributed by atoms with E-state index in [0.29, 0.717) is 5.01 Å². The molecule has 0 bridgehead atoms. The minimum absolute atomic E-state index is 0.135. The van der Waals surface area contributed by atoms with Crippen molar-refractivity contribution in [3.63, 3.8) is 0 Å². The van der Waals surface area contributed by atoms with E-state index in [2.05, 4.69) is 114 Å². The Morgan fingerprint density at radius 2 is 1.20 bits per heavy atom. The van der Waals surface area contributed by atoms with Crippen LogP contribution in [0.4, 0.5) is 0 Å². The quantitative estimate of drug-likeness (QED) is 0.195. The van der Waals surface area contributed by atoms with Crippen molar-refractivity contribution in [2.45, 2.75) is 0 Å². The molecular weight excluding hydrogens is 577 g/mol. The number of benzene rings is 7. The third-order valence-corrected chi connectivity index (χ3v) is 10.1. The molecule has 0 atom stereocenters. The molecule has 0 unspecified atom stereocenters. The monoisotopic (exact) mass is 607 g/mol. The molecule has 0 saturated heterocycles. The molecular formula is C43H26N2S. The van der Waals surface area contributed by atoms with Crippen molar-refractivity contribution >= 4 is 43.9 Å². The Bertz CT molecular complexity index is 2790. The first kappa shape index (κ1) is 21.1. The average Bonchev–Trinajstić information content (AvgIpc) is 3.84. The van der Waals surface area contributed by atoms with E-state index in [4.69, 9.17) is 11.8 Å². The molecule has 1 aliphatic rings. The maximum atomic E-state index is 8.60. The molecule has 9 aromatic rings. The van der Waals surface area contributed by atoms with Gasteiger partial charge in [-0.15, -0.1) is 11.3 Å². The molecule has 46 heavy (non-hydrogen) atoms. The Hall–Kier alpha value is -5.77. The lowest BCUT2D eigenvalue weighted by Crippen LogP contribution is -1.95. The Labute approximate surface area is 277 Å². The lowest BCUT2D eigenvalue weighted by Gasteiger charge is -2.12. The van der Waals surface area contributed by atoms with Gasteiger partial charge in [-0.1, -0.05) is 121 Å². The number of hydrogen-bond donors (Lipinski definition) is 0. The zero-order valence-electron chi connectivity index (χ0n) is 29.4. The molecule has 0 fully saturated rings. The van der Waals surface area contributed by atoms with Crippen LogP contribution in [-0.4, -0.2) is 9.55 Å². The summed E-state index contributed by atoms with van der Waals surface area (Å²) in [6.45, 7) is 0. The summed E-state index contributed by atoms with van der Waals surface area (Å²) < 4.78 is 44.1. The first-order valence-corrected chi connectivity index (χ1v) is 16.0. The van der Waals surface area contributed by atoms with Gasteiger partial charge in [-0.3, -0.25) is 0 Å². The summed E-state index contributed by atoms with van der Waals surface area (Å²) in [5, 5.41) is 4.95. The maximum absolute atomic E-state index is 8.60. The smallest absolute Gasteiger partial charge is 0.124 e. The van der Waals surface area contributed by atoms with Crippen molar-refractivity contribution in [3.8, 4) is 60.2 Å². The summed E-state index contributed by atoms with van der Waals surface area (Å²) in [6.07, 6.45) is 0. The van der Waals surface area contributed by atoms with Crippen LogP contribution in [0, 0.1) is 0 Å². The Morgan fingerprint density at radius 1 is 0.543 bits per heavy atom. The number of thiazole rings is 1. The molecule has 7 aromatic carbocycles. The Balaban J connectivity index is 1.22. The lowest BCUT2D eigenvalue weighted by atomic mass is 10.0. The molecule has 2 heterocycles. The number of fused-ring (bicyclic) bond motifs is 6. The summed E-state index contributed by atoms with van der Waals surface area (Å²) in [7, 11) is 0. The van der Waals surface area contributed by atoms with E-state index in [0.717, 1.165) is 71.1 Å². The predicted molar refractivity (Wildman–Crippen MR) is 195 cm³/mol. The summed E-state index contributed by atoms with van der Waals surface area (Å²) >= 11 is 1.38. The number of aromatic nitrogens is 2. The van der Waals surface area contributed by atoms with Crippen molar-refractivity contribution in [1.29, 1.82) is 0 Å². The van der Waals surface area contributed by atoms with Crippen molar-refractivity contribution in [3.05, 3.63) is 158 Å². The van der Waals surface area contributed by atoms with E-state index in [-0.39, 0.29) is 29.7 Å². The van der Waals surface area contributed by atoms with Crippen LogP contribution in [0.1, 0.15) is 6.85 Å². The third kappa shape index (κ3) is 3.79. The molecule has 2 nitrogen and oxygen atoms in total. The normalized spacial score (nSPS) is 13.4. The summed E-state index contributed by atoms with van der Waals surface area (Å²) in [5.74, 6) is 0. The van der Waals surface area contributed by atoms with Gasteiger partial charge in [0.15, 0.2) is 0 Å². The zero-order chi connectivity index (χ0) is 34.5. The lowest BCUT2D eigenvalue weighted by molar-refractivity contribution is 1.19. The zero-order valence-corrected chi connectivity index (χ0v) is 25.2. The topological polar surface area (TPSA) is 17.8 Å². The second-order valence-corrected chi connectivity index (χ2v) is 12.6. The van der Waals surface area contributed by atoms with E-state index in [1.165, 1.54) is 22.5 Å². The highest BCUT2D eigenvalue weighted by Crippen LogP contribution is 2.52. The van der Waals surface area contributed by atoms with Gasteiger partial charge in [-0.05, 0) is 69.4 Å². The SMILES string of the molecule is [2H]c1c([2H])c([2H])c(-c2nc3c(s2)-c2cc(-n4c5ccc(-c6ccccc6)cc5c5cc(-c6ccccc6)ccc54)cc4cccc-3c24)c([2H])c1[2H]. The predicted octanol–water partition coefficient (Wildman–Crippen LogP) is 12.0. The van der Waals surface area contributed by atoms with E-state index >= 15 is 0 Å². The standard InChI is InChI=1S/C43H26N2S/c1-4-11-27(12-5-1)30-19-21-38-35(24-30)36-25-31(28-13-6-2-7-14-28)20-22-39(36)45(38)33-23-32-17-10-18-34-40(32)37(26-33)42-41(34)44-43(46-42)29-15-8-3-9-16-29/h1-26H/i3D,8D,9D,15D,16D. The number of rotatable bonds is 4. The molecule has 10 rings (SSSR count). The van der Waals surface area contributed by atoms with Crippen molar-refractivity contribution in [1.82, 2.24) is 9.55 Å². The summed E-state index contributed by atoms with van der Waals surface area (Å²) in [4.78, 5) is 5.88. The Morgan fingerprint density at radius 3 is 1.85 bits per heavy atom. The molecule has 214 valence electrons. The van der Waals surface area contributed by atoms with Crippen LogP contribution in [0.15, 0.2) is 158 Å². The fourth-order valence-electron chi connectivity index (χ4n) is 6.99. The molecule has 2 aromatic heterocycles. The van der Waals surface area contributed by atoms with Crippen molar-refractivity contribution in [2.24, 2.45) is 0 Å². The van der Waals surface area contributed by atoms with Crippen molar-refractivity contribution in [2.75, 3.05) is 0 Å². The van der Waals surface area contributed by atoms with Crippen LogP contribution >= 0.6 is 11.3 Å². The highest BCUT2D eigenvalue weighted by molar-refractivity contribution is 7.19. The fourth-order valence-corrected chi connectivity index (χ4v) is 8.05. The number of hydrogen-bond acceptors (Lipinski definition) is 2. The molecule has 3 heteroatoms. The van der Waals surface area contributed by atoms with Crippen LogP contribution in [-0.2, 0) is 0 Å². The first-order valence-electron chi connectivity index (χ1n) is 17.7. The second kappa shape index (κ2) is 9.87. The molecule has 0 aliphatic heterocycles. The first-order chi connectivity index (χ1) is 24.9. The van der Waals surface area contributed by atoms with Gasteiger partial charge in [0.1, 0.15) is 5.01 Å². The highest BCUT2D eigenvalue weighted by atomic mass is 32.1. The summed E-state index contributed by atoms with van der Waals surface area (Å²) in [6, 6.07) is 43.4.